The topological polar surface area (TPSA) is 144 Å². The van der Waals surface area contributed by atoms with Crippen molar-refractivity contribution in [3.63, 3.8) is 0 Å². The number of fused-ring (bicyclic) bond motifs is 1. The molecule has 0 aliphatic carbocycles. The standard InChI is InChI=1S/C17H14N6O3S/c24-15(25)8-27-17-19-16(21-22-17)10-4-9(5-11(6-10)23-26)12-2-1-3-14-13(12)7-18-20-14/h1-7,23,26H,8H2,(H,18,20)(H,24,25)(H,19,21,22)/p+1. The molecule has 6 N–H and O–H groups in total. The van der Waals surface area contributed by atoms with E-state index < -0.39 is 5.97 Å². The van der Waals surface area contributed by atoms with Gasteiger partial charge >= 0.3 is 5.97 Å². The van der Waals surface area contributed by atoms with Crippen molar-refractivity contribution in [2.75, 3.05) is 5.75 Å². The van der Waals surface area contributed by atoms with Crippen molar-refractivity contribution in [3.8, 4) is 22.5 Å². The first-order valence-electron chi connectivity index (χ1n) is 7.96. The van der Waals surface area contributed by atoms with Crippen molar-refractivity contribution in [2.45, 2.75) is 5.16 Å². The number of quaternary nitrogens is 1. The molecule has 2 heterocycles. The minimum Gasteiger partial charge on any atom is -0.481 e. The summed E-state index contributed by atoms with van der Waals surface area (Å²) in [6, 6.07) is 11.4. The monoisotopic (exact) mass is 383 g/mol. The van der Waals surface area contributed by atoms with Crippen LogP contribution in [0, 0.1) is 0 Å². The number of rotatable bonds is 6. The van der Waals surface area contributed by atoms with Gasteiger partial charge in [-0.3, -0.25) is 15.0 Å². The van der Waals surface area contributed by atoms with Gasteiger partial charge in [0.05, 0.1) is 17.5 Å². The number of carbonyl (C=O) groups is 1. The molecule has 0 saturated heterocycles. The van der Waals surface area contributed by atoms with Crippen LogP contribution in [0.2, 0.25) is 0 Å². The Kier molecular flexibility index (Phi) is 4.59. The summed E-state index contributed by atoms with van der Waals surface area (Å²) >= 11 is 1.03. The lowest BCUT2D eigenvalue weighted by atomic mass is 9.99. The second-order valence-corrected chi connectivity index (χ2v) is 6.70. The van der Waals surface area contributed by atoms with Gasteiger partial charge < -0.3 is 5.11 Å². The van der Waals surface area contributed by atoms with Crippen LogP contribution in [0.3, 0.4) is 0 Å². The number of aromatic amines is 2. The van der Waals surface area contributed by atoms with E-state index in [0.717, 1.165) is 44.8 Å². The number of carboxylic acid groups (broad SMARTS) is 1. The van der Waals surface area contributed by atoms with E-state index in [2.05, 4.69) is 25.4 Å². The van der Waals surface area contributed by atoms with Gasteiger partial charge in [0.15, 0.2) is 11.5 Å². The van der Waals surface area contributed by atoms with Gasteiger partial charge in [-0.05, 0) is 23.3 Å². The third kappa shape index (κ3) is 3.53. The van der Waals surface area contributed by atoms with Crippen LogP contribution in [0.15, 0.2) is 47.8 Å². The summed E-state index contributed by atoms with van der Waals surface area (Å²) in [6.07, 6.45) is 1.76. The first kappa shape index (κ1) is 17.2. The van der Waals surface area contributed by atoms with Gasteiger partial charge in [0.1, 0.15) is 0 Å². The first-order chi connectivity index (χ1) is 13.1. The van der Waals surface area contributed by atoms with Gasteiger partial charge in [0.2, 0.25) is 5.16 Å². The number of nitrogens with two attached hydrogens (primary N) is 1. The molecule has 0 radical (unpaired) electrons. The van der Waals surface area contributed by atoms with Crippen molar-refractivity contribution in [1.82, 2.24) is 25.4 Å². The number of nitrogens with one attached hydrogen (secondary N) is 2. The van der Waals surface area contributed by atoms with Crippen LogP contribution in [-0.4, -0.2) is 47.4 Å². The summed E-state index contributed by atoms with van der Waals surface area (Å²) < 4.78 is 0. The van der Waals surface area contributed by atoms with Crippen LogP contribution >= 0.6 is 11.8 Å². The number of carboxylic acids is 1. The maximum atomic E-state index is 10.7. The predicted molar refractivity (Wildman–Crippen MR) is 98.6 cm³/mol. The molecule has 4 aromatic rings. The van der Waals surface area contributed by atoms with Gasteiger partial charge in [0, 0.05) is 23.1 Å². The lowest BCUT2D eigenvalue weighted by Gasteiger charge is -2.07. The maximum absolute atomic E-state index is 10.7. The Bertz CT molecular complexity index is 1120. The minimum atomic E-state index is -0.932. The van der Waals surface area contributed by atoms with E-state index in [1.807, 2.05) is 30.3 Å². The van der Waals surface area contributed by atoms with E-state index in [4.69, 9.17) is 5.11 Å². The van der Waals surface area contributed by atoms with Crippen LogP contribution in [-0.2, 0) is 4.79 Å². The molecule has 0 aliphatic heterocycles. The van der Waals surface area contributed by atoms with E-state index >= 15 is 0 Å². The second kappa shape index (κ2) is 7.19. The van der Waals surface area contributed by atoms with Crippen LogP contribution < -0.4 is 5.48 Å². The van der Waals surface area contributed by atoms with Crippen molar-refractivity contribution >= 4 is 34.3 Å². The number of aliphatic carboxylic acids is 1. The Morgan fingerprint density at radius 2 is 2.04 bits per heavy atom. The number of hydrogen-bond acceptors (Lipinski definition) is 6. The fourth-order valence-electron chi connectivity index (χ4n) is 2.80. The van der Waals surface area contributed by atoms with Crippen LogP contribution in [0.1, 0.15) is 0 Å². The summed E-state index contributed by atoms with van der Waals surface area (Å²) in [5.41, 5.74) is 5.13. The molecule has 0 atom stereocenters. The summed E-state index contributed by atoms with van der Waals surface area (Å²) in [4.78, 5) is 15.0. The summed E-state index contributed by atoms with van der Waals surface area (Å²) in [7, 11) is 0. The average Bonchev–Trinajstić information content (AvgIpc) is 3.35. The predicted octanol–water partition coefficient (Wildman–Crippen LogP) is 1.78. The van der Waals surface area contributed by atoms with Crippen LogP contribution in [0.5, 0.6) is 0 Å². The van der Waals surface area contributed by atoms with Gasteiger partial charge in [-0.2, -0.15) is 10.6 Å². The largest absolute Gasteiger partial charge is 0.481 e. The lowest BCUT2D eigenvalue weighted by Crippen LogP contribution is -2.73. The zero-order chi connectivity index (χ0) is 18.8. The highest BCUT2D eigenvalue weighted by atomic mass is 32.2. The van der Waals surface area contributed by atoms with Crippen molar-refractivity contribution < 1.29 is 20.6 Å². The minimum absolute atomic E-state index is 0.116. The van der Waals surface area contributed by atoms with E-state index in [-0.39, 0.29) is 5.75 Å². The zero-order valence-corrected chi connectivity index (χ0v) is 14.7. The molecular weight excluding hydrogens is 368 g/mol. The number of hydrogen-bond donors (Lipinski definition) is 5. The fourth-order valence-corrected chi connectivity index (χ4v) is 3.32. The molecule has 0 amide bonds. The Hall–Kier alpha value is -3.21. The van der Waals surface area contributed by atoms with Crippen molar-refractivity contribution in [2.24, 2.45) is 0 Å². The first-order valence-corrected chi connectivity index (χ1v) is 8.95. The van der Waals surface area contributed by atoms with Gasteiger partial charge in [-0.25, -0.2) is 10.2 Å². The molecule has 9 nitrogen and oxygen atoms in total. The molecule has 0 fully saturated rings. The Labute approximate surface area is 156 Å². The second-order valence-electron chi connectivity index (χ2n) is 5.76. The number of nitrogens with zero attached hydrogens (tertiary/aromatic N) is 3. The Balaban J connectivity index is 1.76. The molecular formula is C17H15N6O3S+. The summed E-state index contributed by atoms with van der Waals surface area (Å²) in [5.74, 6) is -0.555. The highest BCUT2D eigenvalue weighted by Crippen LogP contribution is 2.32. The zero-order valence-electron chi connectivity index (χ0n) is 13.9. The van der Waals surface area contributed by atoms with E-state index in [0.29, 0.717) is 16.7 Å². The molecule has 0 aliphatic rings. The number of benzene rings is 2. The van der Waals surface area contributed by atoms with Crippen molar-refractivity contribution in [1.29, 1.82) is 0 Å². The quantitative estimate of drug-likeness (QED) is 0.194. The highest BCUT2D eigenvalue weighted by molar-refractivity contribution is 7.99. The molecule has 27 heavy (non-hydrogen) atoms. The maximum Gasteiger partial charge on any atom is 0.313 e. The number of thioether (sulfide) groups is 1. The number of H-pyrrole nitrogens is 2. The molecule has 2 aromatic heterocycles. The highest BCUT2D eigenvalue weighted by Gasteiger charge is 2.14. The molecule has 0 bridgehead atoms. The molecule has 10 heteroatoms. The normalized spacial score (nSPS) is 11.1. The lowest BCUT2D eigenvalue weighted by molar-refractivity contribution is -0.825. The third-order valence-corrected chi connectivity index (χ3v) is 4.80. The van der Waals surface area contributed by atoms with Crippen molar-refractivity contribution in [3.05, 3.63) is 42.6 Å². The Morgan fingerprint density at radius 3 is 2.85 bits per heavy atom. The summed E-state index contributed by atoms with van der Waals surface area (Å²) in [6.45, 7) is 0. The number of aromatic nitrogens is 5. The smallest absolute Gasteiger partial charge is 0.313 e. The average molecular weight is 383 g/mol. The van der Waals surface area contributed by atoms with E-state index in [1.165, 1.54) is 0 Å². The van der Waals surface area contributed by atoms with E-state index in [1.54, 1.807) is 12.3 Å². The molecule has 4 rings (SSSR count). The van der Waals surface area contributed by atoms with E-state index in [9.17, 15) is 10.0 Å². The molecule has 0 spiro atoms. The third-order valence-electron chi connectivity index (χ3n) is 3.96. The fraction of sp³-hybridized carbons (Fsp3) is 0.0588. The van der Waals surface area contributed by atoms with Crippen LogP contribution in [0.4, 0.5) is 5.69 Å². The molecule has 0 unspecified atom stereocenters. The van der Waals surface area contributed by atoms with Gasteiger partial charge in [0.25, 0.3) is 0 Å². The molecule has 2 aromatic carbocycles. The molecule has 136 valence electrons. The van der Waals surface area contributed by atoms with Gasteiger partial charge in [-0.15, -0.1) is 5.10 Å². The summed E-state index contributed by atoms with van der Waals surface area (Å²) in [5, 5.41) is 33.5. The van der Waals surface area contributed by atoms with Gasteiger partial charge in [-0.1, -0.05) is 23.9 Å². The van der Waals surface area contributed by atoms with Crippen LogP contribution in [0.25, 0.3) is 33.4 Å². The molecule has 0 saturated carbocycles. The SMILES string of the molecule is O=C(O)CSc1n[nH]c(-c2cc([NH2+]O)cc(-c3cccc4[nH]ncc34)c2)n1. The Morgan fingerprint density at radius 1 is 1.19 bits per heavy atom.